The Kier molecular flexibility index (Phi) is 7.83. The van der Waals surface area contributed by atoms with Crippen molar-refractivity contribution in [3.05, 3.63) is 12.7 Å². The molecule has 19 heavy (non-hydrogen) atoms. The molecule has 3 atom stereocenters. The molecular formula is C17H34BN. The molecule has 3 unspecified atom stereocenters. The number of nitrogens with zero attached hydrogens (tertiary/aromatic N) is 1. The molecule has 2 heteroatoms. The predicted molar refractivity (Wildman–Crippen MR) is 89.4 cm³/mol. The lowest BCUT2D eigenvalue weighted by atomic mass is 9.28. The second-order valence-electron chi connectivity index (χ2n) is 6.95. The van der Waals surface area contributed by atoms with E-state index in [0.29, 0.717) is 0 Å². The second kappa shape index (κ2) is 8.84. The van der Waals surface area contributed by atoms with Crippen LogP contribution in [0.25, 0.3) is 0 Å². The van der Waals surface area contributed by atoms with Crippen molar-refractivity contribution in [1.82, 2.24) is 4.90 Å². The maximum absolute atomic E-state index is 4.09. The van der Waals surface area contributed by atoms with Gasteiger partial charge in [0, 0.05) is 0 Å². The molecule has 0 saturated carbocycles. The van der Waals surface area contributed by atoms with E-state index in [2.05, 4.69) is 45.5 Å². The summed E-state index contributed by atoms with van der Waals surface area (Å²) in [6.45, 7) is 11.0. The minimum atomic E-state index is 0.780. The molecule has 1 fully saturated rings. The fraction of sp³-hybridized carbons (Fsp3) is 0.882. The van der Waals surface area contributed by atoms with E-state index in [-0.39, 0.29) is 0 Å². The number of allylic oxidation sites excluding steroid dienone is 1. The Bertz CT molecular complexity index is 252. The molecule has 1 heterocycles. The van der Waals surface area contributed by atoms with Crippen LogP contribution in [0.4, 0.5) is 0 Å². The van der Waals surface area contributed by atoms with Gasteiger partial charge in [0.25, 0.3) is 0 Å². The quantitative estimate of drug-likeness (QED) is 0.441. The molecule has 0 aliphatic carbocycles. The first kappa shape index (κ1) is 16.8. The minimum absolute atomic E-state index is 0.780. The molecule has 0 bridgehead atoms. The summed E-state index contributed by atoms with van der Waals surface area (Å²) in [6.07, 6.45) is 12.0. The average Bonchev–Trinajstić information content (AvgIpc) is 2.38. The van der Waals surface area contributed by atoms with Crippen molar-refractivity contribution in [2.45, 2.75) is 70.3 Å². The molecule has 110 valence electrons. The Balaban J connectivity index is 2.56. The lowest BCUT2D eigenvalue weighted by molar-refractivity contribution is 0.348. The monoisotopic (exact) mass is 263 g/mol. The van der Waals surface area contributed by atoms with Crippen LogP contribution in [-0.2, 0) is 0 Å². The van der Waals surface area contributed by atoms with Crippen LogP contribution in [-0.4, -0.2) is 32.3 Å². The van der Waals surface area contributed by atoms with Crippen LogP contribution in [0.1, 0.15) is 52.4 Å². The van der Waals surface area contributed by atoms with Gasteiger partial charge in [0.2, 0.25) is 0 Å². The lowest BCUT2D eigenvalue weighted by Gasteiger charge is -2.35. The van der Waals surface area contributed by atoms with Crippen LogP contribution in [0.3, 0.4) is 0 Å². The second-order valence-corrected chi connectivity index (χ2v) is 6.95. The summed E-state index contributed by atoms with van der Waals surface area (Å²) in [6, 6.07) is 0. The number of hydrogen-bond acceptors (Lipinski definition) is 1. The first-order chi connectivity index (χ1) is 9.08. The third-order valence-electron chi connectivity index (χ3n) is 5.07. The number of rotatable bonds is 8. The molecule has 1 saturated heterocycles. The molecule has 0 aromatic heterocycles. The van der Waals surface area contributed by atoms with E-state index in [1.165, 1.54) is 51.4 Å². The molecule has 1 nitrogen and oxygen atoms in total. The van der Waals surface area contributed by atoms with Crippen molar-refractivity contribution in [3.63, 3.8) is 0 Å². The molecule has 0 aromatic carbocycles. The van der Waals surface area contributed by atoms with Gasteiger partial charge < -0.3 is 4.90 Å². The standard InChI is InChI=1S/C17H34BN/c1-6-9-16(12-13-19(4)5)14-18-15(3)10-8-11-17(18)7-2/h7,15-17H,2,6,8-14H2,1,3-5H3. The molecule has 0 amide bonds. The molecule has 0 aromatic rings. The first-order valence-corrected chi connectivity index (χ1v) is 8.35. The third kappa shape index (κ3) is 5.73. The third-order valence-corrected chi connectivity index (χ3v) is 5.07. The number of hydrogen-bond donors (Lipinski definition) is 0. The van der Waals surface area contributed by atoms with Gasteiger partial charge in [-0.1, -0.05) is 64.2 Å². The van der Waals surface area contributed by atoms with Gasteiger partial charge in [0.05, 0.1) is 0 Å². The molecule has 0 spiro atoms. The summed E-state index contributed by atoms with van der Waals surface area (Å²) in [5.74, 6) is 2.60. The first-order valence-electron chi connectivity index (χ1n) is 8.35. The molecular weight excluding hydrogens is 229 g/mol. The van der Waals surface area contributed by atoms with Crippen molar-refractivity contribution in [3.8, 4) is 0 Å². The average molecular weight is 263 g/mol. The van der Waals surface area contributed by atoms with Crippen LogP contribution in [0.5, 0.6) is 0 Å². The minimum Gasteiger partial charge on any atom is -0.309 e. The fourth-order valence-corrected chi connectivity index (χ4v) is 3.84. The van der Waals surface area contributed by atoms with Crippen molar-refractivity contribution in [2.75, 3.05) is 20.6 Å². The zero-order valence-corrected chi connectivity index (χ0v) is 13.7. The van der Waals surface area contributed by atoms with Crippen LogP contribution in [0.15, 0.2) is 12.7 Å². The summed E-state index contributed by atoms with van der Waals surface area (Å²) in [5, 5.41) is 0. The van der Waals surface area contributed by atoms with E-state index in [4.69, 9.17) is 0 Å². The van der Waals surface area contributed by atoms with Crippen molar-refractivity contribution < 1.29 is 0 Å². The Morgan fingerprint density at radius 3 is 2.63 bits per heavy atom. The van der Waals surface area contributed by atoms with E-state index in [9.17, 15) is 0 Å². The molecule has 1 aliphatic heterocycles. The van der Waals surface area contributed by atoms with E-state index >= 15 is 0 Å². The maximum atomic E-state index is 4.09. The Morgan fingerprint density at radius 1 is 1.32 bits per heavy atom. The Hall–Kier alpha value is -0.235. The van der Waals surface area contributed by atoms with E-state index in [1.807, 2.05) is 0 Å². The van der Waals surface area contributed by atoms with E-state index in [1.54, 1.807) is 0 Å². The fourth-order valence-electron chi connectivity index (χ4n) is 3.84. The van der Waals surface area contributed by atoms with Crippen molar-refractivity contribution >= 4 is 6.71 Å². The van der Waals surface area contributed by atoms with Gasteiger partial charge in [-0.15, -0.1) is 6.58 Å². The van der Waals surface area contributed by atoms with Crippen molar-refractivity contribution in [2.24, 2.45) is 5.92 Å². The van der Waals surface area contributed by atoms with Gasteiger partial charge in [-0.25, -0.2) is 0 Å². The topological polar surface area (TPSA) is 3.24 Å². The van der Waals surface area contributed by atoms with Crippen LogP contribution < -0.4 is 0 Å². The van der Waals surface area contributed by atoms with Gasteiger partial charge in [0.15, 0.2) is 6.71 Å². The summed E-state index contributed by atoms with van der Waals surface area (Å²) in [7, 11) is 4.39. The van der Waals surface area contributed by atoms with Crippen LogP contribution >= 0.6 is 0 Å². The largest absolute Gasteiger partial charge is 0.309 e. The smallest absolute Gasteiger partial charge is 0.150 e. The normalized spacial score (nSPS) is 25.6. The van der Waals surface area contributed by atoms with Crippen LogP contribution in [0.2, 0.25) is 18.0 Å². The van der Waals surface area contributed by atoms with Gasteiger partial charge >= 0.3 is 0 Å². The van der Waals surface area contributed by atoms with Gasteiger partial charge in [0.1, 0.15) is 0 Å². The highest BCUT2D eigenvalue weighted by Crippen LogP contribution is 2.40. The molecule has 1 rings (SSSR count). The van der Waals surface area contributed by atoms with E-state index in [0.717, 1.165) is 24.3 Å². The zero-order valence-electron chi connectivity index (χ0n) is 13.7. The lowest BCUT2D eigenvalue weighted by Crippen LogP contribution is -2.31. The summed E-state index contributed by atoms with van der Waals surface area (Å²) < 4.78 is 0. The Labute approximate surface area is 121 Å². The molecule has 0 radical (unpaired) electrons. The van der Waals surface area contributed by atoms with Crippen molar-refractivity contribution in [1.29, 1.82) is 0 Å². The van der Waals surface area contributed by atoms with Gasteiger partial charge in [-0.05, 0) is 38.8 Å². The van der Waals surface area contributed by atoms with Gasteiger partial charge in [-0.2, -0.15) is 0 Å². The molecule has 1 aliphatic rings. The predicted octanol–water partition coefficient (Wildman–Crippen LogP) is 4.98. The highest BCUT2D eigenvalue weighted by Gasteiger charge is 2.33. The maximum Gasteiger partial charge on any atom is 0.150 e. The highest BCUT2D eigenvalue weighted by atomic mass is 15.0. The molecule has 0 N–H and O–H groups in total. The van der Waals surface area contributed by atoms with E-state index < -0.39 is 0 Å². The SMILES string of the molecule is C=CC1CCCC(C)B1CC(CCC)CCN(C)C. The van der Waals surface area contributed by atoms with Crippen LogP contribution in [0, 0.1) is 5.92 Å². The van der Waals surface area contributed by atoms with Gasteiger partial charge in [-0.3, -0.25) is 0 Å². The zero-order chi connectivity index (χ0) is 14.3. The Morgan fingerprint density at radius 2 is 2.05 bits per heavy atom. The summed E-state index contributed by atoms with van der Waals surface area (Å²) in [4.78, 5) is 2.33. The summed E-state index contributed by atoms with van der Waals surface area (Å²) >= 11 is 0. The summed E-state index contributed by atoms with van der Waals surface area (Å²) in [5.41, 5.74) is 0. The highest BCUT2D eigenvalue weighted by molar-refractivity contribution is 6.62.